The zero-order chi connectivity index (χ0) is 18.9. The smallest absolute Gasteiger partial charge is 0.240 e. The van der Waals surface area contributed by atoms with E-state index in [0.29, 0.717) is 6.54 Å². The molecule has 0 spiro atoms. The van der Waals surface area contributed by atoms with E-state index in [9.17, 15) is 13.2 Å². The van der Waals surface area contributed by atoms with Gasteiger partial charge in [0.1, 0.15) is 0 Å². The second kappa shape index (κ2) is 7.50. The predicted molar refractivity (Wildman–Crippen MR) is 106 cm³/mol. The Bertz CT molecular complexity index is 957. The van der Waals surface area contributed by atoms with Crippen molar-refractivity contribution in [3.05, 3.63) is 57.6 Å². The highest BCUT2D eigenvalue weighted by atomic mass is 79.9. The lowest BCUT2D eigenvalue weighted by Gasteiger charge is -2.28. The van der Waals surface area contributed by atoms with Crippen LogP contribution >= 0.6 is 15.9 Å². The first-order chi connectivity index (χ1) is 12.3. The molecule has 7 heteroatoms. The summed E-state index contributed by atoms with van der Waals surface area (Å²) in [6, 6.07) is 10.7. The molecule has 1 N–H and O–H groups in total. The summed E-state index contributed by atoms with van der Waals surface area (Å²) in [4.78, 5) is 13.7. The van der Waals surface area contributed by atoms with E-state index in [2.05, 4.69) is 20.7 Å². The average Bonchev–Trinajstić information content (AvgIpc) is 2.59. The third-order valence-corrected chi connectivity index (χ3v) is 6.51. The van der Waals surface area contributed by atoms with Crippen LogP contribution < -0.4 is 9.62 Å². The average molecular weight is 437 g/mol. The van der Waals surface area contributed by atoms with E-state index in [4.69, 9.17) is 0 Å². The molecule has 138 valence electrons. The molecule has 0 fully saturated rings. The Morgan fingerprint density at radius 2 is 2.00 bits per heavy atom. The van der Waals surface area contributed by atoms with Crippen molar-refractivity contribution in [2.45, 2.75) is 38.1 Å². The van der Waals surface area contributed by atoms with Crippen LogP contribution in [-0.4, -0.2) is 20.9 Å². The topological polar surface area (TPSA) is 66.5 Å². The number of nitrogens with one attached hydrogen (secondary N) is 1. The van der Waals surface area contributed by atoms with Crippen LogP contribution in [0.5, 0.6) is 0 Å². The van der Waals surface area contributed by atoms with E-state index in [1.54, 1.807) is 23.1 Å². The number of sulfonamides is 1. The Hall–Kier alpha value is -1.70. The van der Waals surface area contributed by atoms with Gasteiger partial charge >= 0.3 is 0 Å². The summed E-state index contributed by atoms with van der Waals surface area (Å²) in [5, 5.41) is 0. The monoisotopic (exact) mass is 436 g/mol. The Balaban J connectivity index is 1.82. The zero-order valence-electron chi connectivity index (χ0n) is 14.8. The molecule has 3 rings (SSSR count). The minimum absolute atomic E-state index is 0.0228. The van der Waals surface area contributed by atoms with Gasteiger partial charge in [-0.05, 0) is 66.8 Å². The maximum atomic E-state index is 12.7. The van der Waals surface area contributed by atoms with E-state index in [1.165, 1.54) is 6.92 Å². The van der Waals surface area contributed by atoms with Crippen LogP contribution in [0.4, 0.5) is 5.69 Å². The Morgan fingerprint density at radius 1 is 1.23 bits per heavy atom. The molecule has 1 aliphatic heterocycles. The first kappa shape index (κ1) is 19.1. The number of rotatable bonds is 4. The fourth-order valence-corrected chi connectivity index (χ4v) is 4.71. The summed E-state index contributed by atoms with van der Waals surface area (Å²) in [5.74, 6) is -0.0228. The summed E-state index contributed by atoms with van der Waals surface area (Å²) >= 11 is 3.41. The molecular formula is C19H21BrN2O3S. The van der Waals surface area contributed by atoms with Crippen LogP contribution in [0.3, 0.4) is 0 Å². The number of nitrogens with zero attached hydrogens (tertiary/aromatic N) is 1. The normalized spacial score (nSPS) is 14.2. The lowest BCUT2D eigenvalue weighted by atomic mass is 10.0. The summed E-state index contributed by atoms with van der Waals surface area (Å²) in [6.07, 6.45) is 1.61. The Labute approximate surface area is 162 Å². The molecule has 1 aliphatic rings. The minimum atomic E-state index is -3.62. The van der Waals surface area contributed by atoms with E-state index < -0.39 is 10.0 Å². The van der Waals surface area contributed by atoms with Gasteiger partial charge < -0.3 is 4.90 Å². The summed E-state index contributed by atoms with van der Waals surface area (Å²) in [5.41, 5.74) is 3.66. The van der Waals surface area contributed by atoms with Crippen molar-refractivity contribution in [2.24, 2.45) is 0 Å². The van der Waals surface area contributed by atoms with E-state index in [0.717, 1.165) is 39.7 Å². The number of fused-ring (bicyclic) bond motifs is 1. The van der Waals surface area contributed by atoms with Gasteiger partial charge in [0, 0.05) is 30.2 Å². The molecule has 0 radical (unpaired) electrons. The fourth-order valence-electron chi connectivity index (χ4n) is 3.18. The van der Waals surface area contributed by atoms with Gasteiger partial charge in [-0.15, -0.1) is 0 Å². The first-order valence-electron chi connectivity index (χ1n) is 8.43. The van der Waals surface area contributed by atoms with Gasteiger partial charge in [-0.25, -0.2) is 13.1 Å². The van der Waals surface area contributed by atoms with Crippen LogP contribution in [0.15, 0.2) is 45.8 Å². The number of halogens is 1. The standard InChI is InChI=1S/C19H21BrN2O3S/c1-13-10-17(20)6-5-16(13)12-21-26(24,25)18-7-8-19-15(11-18)4-3-9-22(19)14(2)23/h5-8,10-11,21H,3-4,9,12H2,1-2H3. The second-order valence-corrected chi connectivity index (χ2v) is 9.14. The van der Waals surface area contributed by atoms with E-state index >= 15 is 0 Å². The van der Waals surface area contributed by atoms with Gasteiger partial charge in [0.25, 0.3) is 0 Å². The molecule has 2 aromatic rings. The highest BCUT2D eigenvalue weighted by Crippen LogP contribution is 2.29. The van der Waals surface area contributed by atoms with Gasteiger partial charge in [0.15, 0.2) is 0 Å². The van der Waals surface area contributed by atoms with Gasteiger partial charge in [0.2, 0.25) is 15.9 Å². The highest BCUT2D eigenvalue weighted by molar-refractivity contribution is 9.10. The van der Waals surface area contributed by atoms with Crippen LogP contribution in [0, 0.1) is 6.92 Å². The molecular weight excluding hydrogens is 416 g/mol. The molecule has 2 aromatic carbocycles. The largest absolute Gasteiger partial charge is 0.312 e. The molecule has 0 unspecified atom stereocenters. The van der Waals surface area contributed by atoms with Gasteiger partial charge in [-0.3, -0.25) is 4.79 Å². The highest BCUT2D eigenvalue weighted by Gasteiger charge is 2.23. The number of amides is 1. The van der Waals surface area contributed by atoms with Crippen molar-refractivity contribution >= 4 is 37.5 Å². The molecule has 1 amide bonds. The first-order valence-corrected chi connectivity index (χ1v) is 10.7. The number of benzene rings is 2. The Morgan fingerprint density at radius 3 is 2.69 bits per heavy atom. The van der Waals surface area contributed by atoms with Gasteiger partial charge in [0.05, 0.1) is 4.90 Å². The van der Waals surface area contributed by atoms with Crippen LogP contribution in [0.25, 0.3) is 0 Å². The van der Waals surface area contributed by atoms with Crippen molar-refractivity contribution < 1.29 is 13.2 Å². The SMILES string of the molecule is CC(=O)N1CCCc2cc(S(=O)(=O)NCc3ccc(Br)cc3C)ccc21. The van der Waals surface area contributed by atoms with Crippen molar-refractivity contribution in [3.8, 4) is 0 Å². The molecule has 5 nitrogen and oxygen atoms in total. The number of anilines is 1. The van der Waals surface area contributed by atoms with Crippen LogP contribution in [-0.2, 0) is 27.8 Å². The number of carbonyl (C=O) groups is 1. The molecule has 0 atom stereocenters. The van der Waals surface area contributed by atoms with Crippen LogP contribution in [0.1, 0.15) is 30.0 Å². The second-order valence-electron chi connectivity index (χ2n) is 6.46. The van der Waals surface area contributed by atoms with Crippen molar-refractivity contribution in [2.75, 3.05) is 11.4 Å². The lowest BCUT2D eigenvalue weighted by Crippen LogP contribution is -2.33. The molecule has 0 bridgehead atoms. The number of hydrogen-bond acceptors (Lipinski definition) is 3. The molecule has 0 aromatic heterocycles. The van der Waals surface area contributed by atoms with E-state index in [-0.39, 0.29) is 17.3 Å². The third kappa shape index (κ3) is 4.00. The fraction of sp³-hybridized carbons (Fsp3) is 0.316. The summed E-state index contributed by atoms with van der Waals surface area (Å²) in [7, 11) is -3.62. The summed E-state index contributed by atoms with van der Waals surface area (Å²) in [6.45, 7) is 4.39. The van der Waals surface area contributed by atoms with Crippen molar-refractivity contribution in [3.63, 3.8) is 0 Å². The summed E-state index contributed by atoms with van der Waals surface area (Å²) < 4.78 is 29.0. The Kier molecular flexibility index (Phi) is 5.50. The maximum Gasteiger partial charge on any atom is 0.240 e. The molecule has 0 aliphatic carbocycles. The van der Waals surface area contributed by atoms with E-state index in [1.807, 2.05) is 25.1 Å². The predicted octanol–water partition coefficient (Wildman–Crippen LogP) is 3.54. The molecule has 1 heterocycles. The molecule has 0 saturated carbocycles. The lowest BCUT2D eigenvalue weighted by molar-refractivity contribution is -0.116. The number of carbonyl (C=O) groups excluding carboxylic acids is 1. The third-order valence-electron chi connectivity index (χ3n) is 4.62. The number of hydrogen-bond donors (Lipinski definition) is 1. The van der Waals surface area contributed by atoms with Crippen molar-refractivity contribution in [1.29, 1.82) is 0 Å². The van der Waals surface area contributed by atoms with Gasteiger partial charge in [-0.1, -0.05) is 22.0 Å². The molecule has 0 saturated heterocycles. The maximum absolute atomic E-state index is 12.7. The number of aryl methyl sites for hydroxylation is 2. The van der Waals surface area contributed by atoms with Gasteiger partial charge in [-0.2, -0.15) is 0 Å². The molecule has 26 heavy (non-hydrogen) atoms. The minimum Gasteiger partial charge on any atom is -0.312 e. The zero-order valence-corrected chi connectivity index (χ0v) is 17.2. The van der Waals surface area contributed by atoms with Crippen LogP contribution in [0.2, 0.25) is 0 Å². The quantitative estimate of drug-likeness (QED) is 0.796. The van der Waals surface area contributed by atoms with Crippen molar-refractivity contribution in [1.82, 2.24) is 4.72 Å².